The number of carbonyl (C=O) groups excluding carboxylic acids is 1. The molecule has 3 aromatic rings. The third kappa shape index (κ3) is 3.61. The normalized spacial score (nSPS) is 13.7. The standard InChI is InChI=1S/C23H23O4PS/c1-16-10-12-21(13-11-16)29(26,27)28(25,20-8-6-5-7-9-20)23(24)22-18(3)14-17(2)15-19(22)4/h5-15H,1-4H3. The molecule has 3 rings (SSSR count). The van der Waals surface area contributed by atoms with Crippen LogP contribution in [0.2, 0.25) is 0 Å². The molecule has 0 saturated carbocycles. The minimum Gasteiger partial charge on any atom is -0.293 e. The smallest absolute Gasteiger partial charge is 0.293 e. The highest BCUT2D eigenvalue weighted by Crippen LogP contribution is 2.57. The number of hydrogen-bond donors (Lipinski definition) is 0. The molecular weight excluding hydrogens is 403 g/mol. The maximum atomic E-state index is 14.3. The summed E-state index contributed by atoms with van der Waals surface area (Å²) in [7, 11) is -4.46. The zero-order chi connectivity index (χ0) is 21.4. The molecule has 29 heavy (non-hydrogen) atoms. The van der Waals surface area contributed by atoms with E-state index in [0.717, 1.165) is 11.1 Å². The first kappa shape index (κ1) is 21.2. The Bertz CT molecular complexity index is 1200. The summed E-state index contributed by atoms with van der Waals surface area (Å²) in [6, 6.07) is 17.5. The summed E-state index contributed by atoms with van der Waals surface area (Å²) < 4.78 is 41.4. The molecule has 0 aliphatic rings. The second kappa shape index (κ2) is 7.74. The molecule has 1 unspecified atom stereocenters. The average molecular weight is 426 g/mol. The quantitative estimate of drug-likeness (QED) is 0.530. The van der Waals surface area contributed by atoms with Crippen molar-refractivity contribution in [1.29, 1.82) is 0 Å². The minimum absolute atomic E-state index is 0.0185. The van der Waals surface area contributed by atoms with E-state index in [-0.39, 0.29) is 15.8 Å². The molecule has 4 nitrogen and oxygen atoms in total. The van der Waals surface area contributed by atoms with Gasteiger partial charge in [0.05, 0.1) is 4.90 Å². The van der Waals surface area contributed by atoms with E-state index < -0.39 is 21.3 Å². The fourth-order valence-electron chi connectivity index (χ4n) is 3.51. The summed E-state index contributed by atoms with van der Waals surface area (Å²) in [5.41, 5.74) is 2.41. The second-order valence-electron chi connectivity index (χ2n) is 7.25. The molecule has 0 fully saturated rings. The van der Waals surface area contributed by atoms with Crippen molar-refractivity contribution in [1.82, 2.24) is 0 Å². The van der Waals surface area contributed by atoms with E-state index in [2.05, 4.69) is 0 Å². The van der Waals surface area contributed by atoms with Crippen LogP contribution in [0.25, 0.3) is 0 Å². The summed E-state index contributed by atoms with van der Waals surface area (Å²) in [6.45, 7) is 7.20. The molecule has 0 N–H and O–H groups in total. The maximum absolute atomic E-state index is 14.3. The van der Waals surface area contributed by atoms with Gasteiger partial charge in [-0.25, -0.2) is 8.42 Å². The van der Waals surface area contributed by atoms with Gasteiger partial charge in [0.2, 0.25) is 15.0 Å². The van der Waals surface area contributed by atoms with Crippen LogP contribution in [-0.4, -0.2) is 13.9 Å². The fourth-order valence-corrected chi connectivity index (χ4v) is 9.61. The van der Waals surface area contributed by atoms with Crippen LogP contribution in [0.4, 0.5) is 0 Å². The molecule has 0 radical (unpaired) electrons. The lowest BCUT2D eigenvalue weighted by Gasteiger charge is -2.20. The van der Waals surface area contributed by atoms with Crippen molar-refractivity contribution in [2.75, 3.05) is 0 Å². The van der Waals surface area contributed by atoms with E-state index in [9.17, 15) is 17.8 Å². The molecule has 1 atom stereocenters. The number of hydrogen-bond acceptors (Lipinski definition) is 4. The van der Waals surface area contributed by atoms with Crippen LogP contribution in [0.1, 0.15) is 32.6 Å². The zero-order valence-electron chi connectivity index (χ0n) is 16.8. The van der Waals surface area contributed by atoms with Gasteiger partial charge < -0.3 is 0 Å². The number of benzene rings is 3. The van der Waals surface area contributed by atoms with E-state index in [4.69, 9.17) is 0 Å². The highest BCUT2D eigenvalue weighted by Gasteiger charge is 2.48. The minimum atomic E-state index is -4.56. The van der Waals surface area contributed by atoms with Gasteiger partial charge in [-0.2, -0.15) is 0 Å². The van der Waals surface area contributed by atoms with Gasteiger partial charge >= 0.3 is 0 Å². The fraction of sp³-hybridized carbons (Fsp3) is 0.174. The molecule has 0 bridgehead atoms. The Hall–Kier alpha value is -2.49. The van der Waals surface area contributed by atoms with Gasteiger partial charge in [-0.05, 0) is 51.0 Å². The van der Waals surface area contributed by atoms with Crippen molar-refractivity contribution in [3.05, 3.63) is 94.5 Å². The van der Waals surface area contributed by atoms with Crippen molar-refractivity contribution >= 4 is 26.6 Å². The first-order chi connectivity index (χ1) is 13.6. The number of rotatable bonds is 5. The SMILES string of the molecule is Cc1ccc(S(=O)(=O)P(=O)(C(=O)c2c(C)cc(C)cc2C)c2ccccc2)cc1. The Balaban J connectivity index is 2.33. The predicted octanol–water partition coefficient (Wildman–Crippen LogP) is 5.14. The van der Waals surface area contributed by atoms with E-state index >= 15 is 0 Å². The van der Waals surface area contributed by atoms with E-state index in [1.807, 2.05) is 13.8 Å². The molecule has 0 spiro atoms. The lowest BCUT2D eigenvalue weighted by atomic mass is 10.0. The summed E-state index contributed by atoms with van der Waals surface area (Å²) >= 11 is 0. The summed E-state index contributed by atoms with van der Waals surface area (Å²) in [6.07, 6.45) is -4.56. The van der Waals surface area contributed by atoms with Crippen LogP contribution >= 0.6 is 6.34 Å². The largest absolute Gasteiger partial charge is 0.295 e. The molecule has 6 heteroatoms. The maximum Gasteiger partial charge on any atom is 0.295 e. The molecule has 150 valence electrons. The summed E-state index contributed by atoms with van der Waals surface area (Å²) in [5.74, 6) is 0. The van der Waals surface area contributed by atoms with Gasteiger partial charge in [0.25, 0.3) is 6.34 Å². The highest BCUT2D eigenvalue weighted by atomic mass is 32.8. The summed E-state index contributed by atoms with van der Waals surface area (Å²) in [5, 5.41) is 0.0185. The van der Waals surface area contributed by atoms with Crippen LogP contribution in [0, 0.1) is 27.7 Å². The first-order valence-corrected chi connectivity index (χ1v) is 13.0. The molecule has 0 aliphatic heterocycles. The molecular formula is C23H23O4PS. The Kier molecular flexibility index (Phi) is 5.66. The zero-order valence-corrected chi connectivity index (χ0v) is 18.6. The van der Waals surface area contributed by atoms with E-state index in [1.165, 1.54) is 24.3 Å². The molecule has 0 amide bonds. The van der Waals surface area contributed by atoms with Crippen LogP contribution in [-0.2, 0) is 14.0 Å². The molecule has 0 heterocycles. The third-order valence-electron chi connectivity index (χ3n) is 4.91. The van der Waals surface area contributed by atoms with E-state index in [1.54, 1.807) is 56.3 Å². The van der Waals surface area contributed by atoms with E-state index in [0.29, 0.717) is 11.1 Å². The third-order valence-corrected chi connectivity index (χ3v) is 12.0. The van der Waals surface area contributed by atoms with Crippen LogP contribution in [0.15, 0.2) is 71.6 Å². The van der Waals surface area contributed by atoms with Gasteiger partial charge in [0.1, 0.15) is 0 Å². The first-order valence-electron chi connectivity index (χ1n) is 9.19. The number of aryl methyl sites for hydroxylation is 4. The van der Waals surface area contributed by atoms with Crippen molar-refractivity contribution in [3.8, 4) is 0 Å². The van der Waals surface area contributed by atoms with Crippen LogP contribution in [0.5, 0.6) is 0 Å². The summed E-state index contributed by atoms with van der Waals surface area (Å²) in [4.78, 5) is 13.5. The molecule has 0 aliphatic carbocycles. The Morgan fingerprint density at radius 1 is 0.759 bits per heavy atom. The topological polar surface area (TPSA) is 68.3 Å². The van der Waals surface area contributed by atoms with Crippen molar-refractivity contribution in [2.45, 2.75) is 32.6 Å². The van der Waals surface area contributed by atoms with Gasteiger partial charge in [-0.1, -0.05) is 65.7 Å². The van der Waals surface area contributed by atoms with Gasteiger partial charge in [0, 0.05) is 10.9 Å². The van der Waals surface area contributed by atoms with Crippen molar-refractivity contribution in [2.24, 2.45) is 0 Å². The van der Waals surface area contributed by atoms with Crippen molar-refractivity contribution < 1.29 is 17.8 Å². The Labute approximate surface area is 171 Å². The number of carbonyl (C=O) groups is 1. The van der Waals surface area contributed by atoms with Gasteiger partial charge in [-0.15, -0.1) is 0 Å². The Morgan fingerprint density at radius 2 is 1.28 bits per heavy atom. The molecule has 3 aromatic carbocycles. The predicted molar refractivity (Wildman–Crippen MR) is 117 cm³/mol. The average Bonchev–Trinajstić information content (AvgIpc) is 2.67. The van der Waals surface area contributed by atoms with Crippen molar-refractivity contribution in [3.63, 3.8) is 0 Å². The lowest BCUT2D eigenvalue weighted by Crippen LogP contribution is -2.22. The molecule has 0 aromatic heterocycles. The van der Waals surface area contributed by atoms with Crippen LogP contribution in [0.3, 0.4) is 0 Å². The molecule has 0 saturated heterocycles. The van der Waals surface area contributed by atoms with Crippen LogP contribution < -0.4 is 5.30 Å². The highest BCUT2D eigenvalue weighted by molar-refractivity contribution is 8.60. The van der Waals surface area contributed by atoms with Gasteiger partial charge in [-0.3, -0.25) is 9.36 Å². The second-order valence-corrected chi connectivity index (χ2v) is 13.7. The Morgan fingerprint density at radius 3 is 1.79 bits per heavy atom. The monoisotopic (exact) mass is 426 g/mol. The lowest BCUT2D eigenvalue weighted by molar-refractivity contribution is 0.107. The van der Waals surface area contributed by atoms with Gasteiger partial charge in [0.15, 0.2) is 0 Å².